The second-order valence-electron chi connectivity index (χ2n) is 4.99. The lowest BCUT2D eigenvalue weighted by Gasteiger charge is -2.21. The Morgan fingerprint density at radius 2 is 2.00 bits per heavy atom. The quantitative estimate of drug-likeness (QED) is 0.801. The van der Waals surface area contributed by atoms with E-state index in [9.17, 15) is 14.0 Å². The zero-order valence-corrected chi connectivity index (χ0v) is 12.7. The lowest BCUT2D eigenvalue weighted by Crippen LogP contribution is -2.37. The van der Waals surface area contributed by atoms with Crippen LogP contribution in [0.1, 0.15) is 38.7 Å². The van der Waals surface area contributed by atoms with Gasteiger partial charge in [-0.1, -0.05) is 31.5 Å². The summed E-state index contributed by atoms with van der Waals surface area (Å²) in [6, 6.07) is 6.39. The van der Waals surface area contributed by atoms with Crippen LogP contribution in [0.2, 0.25) is 0 Å². The van der Waals surface area contributed by atoms with Gasteiger partial charge < -0.3 is 10.2 Å². The van der Waals surface area contributed by atoms with Gasteiger partial charge in [0.05, 0.1) is 0 Å². The summed E-state index contributed by atoms with van der Waals surface area (Å²) in [6.45, 7) is 4.45. The van der Waals surface area contributed by atoms with E-state index in [0.29, 0.717) is 25.1 Å². The summed E-state index contributed by atoms with van der Waals surface area (Å²) in [5.41, 5.74) is 0.477. The van der Waals surface area contributed by atoms with Crippen molar-refractivity contribution in [3.63, 3.8) is 0 Å². The minimum atomic E-state index is -0.323. The third kappa shape index (κ3) is 6.38. The zero-order chi connectivity index (χ0) is 15.7. The molecule has 0 unspecified atom stereocenters. The molecule has 1 aromatic carbocycles. The van der Waals surface area contributed by atoms with E-state index in [-0.39, 0.29) is 24.2 Å². The Hall–Kier alpha value is -1.91. The van der Waals surface area contributed by atoms with E-state index in [1.807, 2.05) is 6.92 Å². The molecule has 0 spiro atoms. The van der Waals surface area contributed by atoms with Crippen molar-refractivity contribution in [3.8, 4) is 0 Å². The van der Waals surface area contributed by atoms with E-state index in [1.54, 1.807) is 18.2 Å². The molecule has 0 heterocycles. The maximum atomic E-state index is 13.6. The van der Waals surface area contributed by atoms with Gasteiger partial charge in [0, 0.05) is 38.5 Å². The second kappa shape index (κ2) is 9.10. The van der Waals surface area contributed by atoms with Gasteiger partial charge >= 0.3 is 0 Å². The molecular weight excluding hydrogens is 271 g/mol. The Morgan fingerprint density at radius 1 is 1.29 bits per heavy atom. The number of carbonyl (C=O) groups excluding carboxylic acids is 2. The Morgan fingerprint density at radius 3 is 2.62 bits per heavy atom. The summed E-state index contributed by atoms with van der Waals surface area (Å²) in [5, 5.41) is 2.78. The molecule has 1 aromatic rings. The predicted octanol–water partition coefficient (Wildman–Crippen LogP) is 2.48. The third-order valence-corrected chi connectivity index (χ3v) is 3.23. The predicted molar refractivity (Wildman–Crippen MR) is 80.0 cm³/mol. The van der Waals surface area contributed by atoms with Crippen molar-refractivity contribution in [3.05, 3.63) is 35.6 Å². The highest BCUT2D eigenvalue weighted by Crippen LogP contribution is 2.09. The Balaban J connectivity index is 2.46. The first kappa shape index (κ1) is 17.1. The Labute approximate surface area is 125 Å². The van der Waals surface area contributed by atoms with Crippen LogP contribution in [0.25, 0.3) is 0 Å². The maximum absolute atomic E-state index is 13.6. The van der Waals surface area contributed by atoms with Gasteiger partial charge in [0.15, 0.2) is 0 Å². The molecule has 0 atom stereocenters. The van der Waals surface area contributed by atoms with Crippen molar-refractivity contribution < 1.29 is 14.0 Å². The Kier molecular flexibility index (Phi) is 7.43. The fourth-order valence-electron chi connectivity index (χ4n) is 1.94. The van der Waals surface area contributed by atoms with Gasteiger partial charge in [-0.15, -0.1) is 0 Å². The van der Waals surface area contributed by atoms with E-state index < -0.39 is 0 Å². The lowest BCUT2D eigenvalue weighted by atomic mass is 10.2. The number of unbranched alkanes of at least 4 members (excludes halogenated alkanes) is 1. The summed E-state index contributed by atoms with van der Waals surface area (Å²) in [7, 11) is 0. The third-order valence-electron chi connectivity index (χ3n) is 3.23. The molecule has 116 valence electrons. The summed E-state index contributed by atoms with van der Waals surface area (Å²) in [4.78, 5) is 24.6. The lowest BCUT2D eigenvalue weighted by molar-refractivity contribution is -0.130. The summed E-state index contributed by atoms with van der Waals surface area (Å²) in [6.07, 6.45) is 2.33. The first-order valence-electron chi connectivity index (χ1n) is 7.30. The summed E-state index contributed by atoms with van der Waals surface area (Å²) in [5.74, 6) is -0.469. The van der Waals surface area contributed by atoms with Crippen molar-refractivity contribution in [2.45, 2.75) is 39.7 Å². The first-order chi connectivity index (χ1) is 10.0. The molecule has 1 N–H and O–H groups in total. The van der Waals surface area contributed by atoms with Gasteiger partial charge in [-0.05, 0) is 12.5 Å². The average molecular weight is 294 g/mol. The SMILES string of the molecule is CCCCC(=O)NCCN(Cc1ccccc1F)C(C)=O. The standard InChI is InChI=1S/C16H23FN2O2/c1-3-4-9-16(21)18-10-11-19(13(2)20)12-14-7-5-6-8-15(14)17/h5-8H,3-4,9-12H2,1-2H3,(H,18,21). The number of rotatable bonds is 8. The molecule has 0 saturated carbocycles. The van der Waals surface area contributed by atoms with E-state index in [2.05, 4.69) is 5.32 Å². The van der Waals surface area contributed by atoms with E-state index in [0.717, 1.165) is 12.8 Å². The monoisotopic (exact) mass is 294 g/mol. The molecule has 5 heteroatoms. The van der Waals surface area contributed by atoms with Crippen LogP contribution in [0.4, 0.5) is 4.39 Å². The normalized spacial score (nSPS) is 10.2. The smallest absolute Gasteiger partial charge is 0.220 e. The van der Waals surface area contributed by atoms with E-state index in [1.165, 1.54) is 17.9 Å². The number of hydrogen-bond acceptors (Lipinski definition) is 2. The van der Waals surface area contributed by atoms with Gasteiger partial charge in [-0.25, -0.2) is 4.39 Å². The van der Waals surface area contributed by atoms with E-state index >= 15 is 0 Å². The highest BCUT2D eigenvalue weighted by molar-refractivity contribution is 5.76. The molecule has 0 aromatic heterocycles. The minimum Gasteiger partial charge on any atom is -0.354 e. The number of carbonyl (C=O) groups is 2. The molecule has 0 radical (unpaired) electrons. The van der Waals surface area contributed by atoms with Crippen LogP contribution in [-0.4, -0.2) is 29.8 Å². The molecule has 0 fully saturated rings. The number of halogens is 1. The largest absolute Gasteiger partial charge is 0.354 e. The highest BCUT2D eigenvalue weighted by Gasteiger charge is 2.12. The first-order valence-corrected chi connectivity index (χ1v) is 7.30. The van der Waals surface area contributed by atoms with Gasteiger partial charge in [0.25, 0.3) is 0 Å². The molecule has 1 rings (SSSR count). The van der Waals surface area contributed by atoms with Crippen LogP contribution >= 0.6 is 0 Å². The van der Waals surface area contributed by atoms with Gasteiger partial charge in [-0.2, -0.15) is 0 Å². The second-order valence-corrected chi connectivity index (χ2v) is 4.99. The van der Waals surface area contributed by atoms with Crippen molar-refractivity contribution in [1.29, 1.82) is 0 Å². The average Bonchev–Trinajstić information content (AvgIpc) is 2.45. The van der Waals surface area contributed by atoms with Crippen LogP contribution in [0.5, 0.6) is 0 Å². The van der Waals surface area contributed by atoms with Crippen molar-refractivity contribution in [2.24, 2.45) is 0 Å². The summed E-state index contributed by atoms with van der Waals surface area (Å²) >= 11 is 0. The molecule has 0 bridgehead atoms. The van der Waals surface area contributed by atoms with Gasteiger partial charge in [0.2, 0.25) is 11.8 Å². The topological polar surface area (TPSA) is 49.4 Å². The van der Waals surface area contributed by atoms with Crippen molar-refractivity contribution in [1.82, 2.24) is 10.2 Å². The van der Waals surface area contributed by atoms with Gasteiger partial charge in [0.1, 0.15) is 5.82 Å². The molecule has 0 aliphatic carbocycles. The summed E-state index contributed by atoms with van der Waals surface area (Å²) < 4.78 is 13.6. The fraction of sp³-hybridized carbons (Fsp3) is 0.500. The molecule has 2 amide bonds. The van der Waals surface area contributed by atoms with Crippen LogP contribution in [-0.2, 0) is 16.1 Å². The molecular formula is C16H23FN2O2. The van der Waals surface area contributed by atoms with Crippen LogP contribution in [0, 0.1) is 5.82 Å². The van der Waals surface area contributed by atoms with Crippen LogP contribution in [0.15, 0.2) is 24.3 Å². The van der Waals surface area contributed by atoms with Crippen molar-refractivity contribution >= 4 is 11.8 Å². The number of amides is 2. The van der Waals surface area contributed by atoms with Gasteiger partial charge in [-0.3, -0.25) is 9.59 Å². The molecule has 0 aliphatic heterocycles. The number of benzene rings is 1. The van der Waals surface area contributed by atoms with E-state index in [4.69, 9.17) is 0 Å². The number of nitrogens with zero attached hydrogens (tertiary/aromatic N) is 1. The molecule has 0 saturated heterocycles. The van der Waals surface area contributed by atoms with Crippen LogP contribution in [0.3, 0.4) is 0 Å². The number of hydrogen-bond donors (Lipinski definition) is 1. The fourth-order valence-corrected chi connectivity index (χ4v) is 1.94. The maximum Gasteiger partial charge on any atom is 0.220 e. The number of nitrogens with one attached hydrogen (secondary N) is 1. The van der Waals surface area contributed by atoms with Crippen molar-refractivity contribution in [2.75, 3.05) is 13.1 Å². The molecule has 21 heavy (non-hydrogen) atoms. The Bertz CT molecular complexity index is 477. The minimum absolute atomic E-state index is 0.00811. The highest BCUT2D eigenvalue weighted by atomic mass is 19.1. The zero-order valence-electron chi connectivity index (χ0n) is 12.7. The molecule has 0 aliphatic rings. The molecule has 4 nitrogen and oxygen atoms in total. The van der Waals surface area contributed by atoms with Crippen LogP contribution < -0.4 is 5.32 Å².